The molecular formula is C23H25N3O. The number of amides is 1. The van der Waals surface area contributed by atoms with E-state index in [9.17, 15) is 4.79 Å². The molecule has 4 nitrogen and oxygen atoms in total. The van der Waals surface area contributed by atoms with Crippen molar-refractivity contribution in [1.82, 2.24) is 14.9 Å². The highest BCUT2D eigenvalue weighted by Crippen LogP contribution is 2.35. The third-order valence-corrected chi connectivity index (χ3v) is 5.57. The van der Waals surface area contributed by atoms with E-state index in [0.29, 0.717) is 17.5 Å². The Morgan fingerprint density at radius 2 is 1.63 bits per heavy atom. The molecule has 1 N–H and O–H groups in total. The van der Waals surface area contributed by atoms with Gasteiger partial charge in [-0.2, -0.15) is 0 Å². The van der Waals surface area contributed by atoms with Gasteiger partial charge in [0, 0.05) is 12.2 Å². The Hall–Kier alpha value is -2.88. The van der Waals surface area contributed by atoms with E-state index in [-0.39, 0.29) is 5.91 Å². The Kier molecular flexibility index (Phi) is 5.33. The van der Waals surface area contributed by atoms with Crippen LogP contribution < -0.4 is 5.32 Å². The number of rotatable bonds is 5. The van der Waals surface area contributed by atoms with E-state index >= 15 is 0 Å². The Morgan fingerprint density at radius 1 is 0.963 bits per heavy atom. The first-order valence-electron chi connectivity index (χ1n) is 9.72. The summed E-state index contributed by atoms with van der Waals surface area (Å²) in [5.41, 5.74) is 2.98. The highest BCUT2D eigenvalue weighted by Gasteiger charge is 2.23. The van der Waals surface area contributed by atoms with Crippen LogP contribution in [0.3, 0.4) is 0 Å². The lowest BCUT2D eigenvalue weighted by molar-refractivity contribution is 0.0936. The first-order valence-corrected chi connectivity index (χ1v) is 9.72. The number of aromatic nitrogens is 2. The fourth-order valence-corrected chi connectivity index (χ4v) is 4.01. The molecule has 1 heterocycles. The molecule has 0 aliphatic heterocycles. The van der Waals surface area contributed by atoms with Gasteiger partial charge in [-0.25, -0.2) is 4.98 Å². The summed E-state index contributed by atoms with van der Waals surface area (Å²) in [6.07, 6.45) is 8.05. The van der Waals surface area contributed by atoms with Gasteiger partial charge in [0.1, 0.15) is 5.69 Å². The molecule has 0 unspecified atom stereocenters. The van der Waals surface area contributed by atoms with Crippen molar-refractivity contribution in [2.24, 2.45) is 5.92 Å². The number of hydrogen-bond acceptors (Lipinski definition) is 2. The minimum Gasteiger partial charge on any atom is -0.350 e. The second-order valence-corrected chi connectivity index (χ2v) is 7.32. The number of benzene rings is 2. The zero-order chi connectivity index (χ0) is 18.5. The van der Waals surface area contributed by atoms with Gasteiger partial charge in [0.15, 0.2) is 0 Å². The Balaban J connectivity index is 1.32. The molecule has 1 aliphatic rings. The van der Waals surface area contributed by atoms with E-state index in [1.165, 1.54) is 18.4 Å². The quantitative estimate of drug-likeness (QED) is 0.725. The van der Waals surface area contributed by atoms with Crippen molar-refractivity contribution < 1.29 is 4.79 Å². The SMILES string of the molecule is O=C(NCC1CCC(c2ccccc2)CC1)c1cncn1-c1ccccc1. The highest BCUT2D eigenvalue weighted by atomic mass is 16.1. The normalized spacial score (nSPS) is 19.6. The molecule has 4 heteroatoms. The first-order chi connectivity index (χ1) is 13.3. The van der Waals surface area contributed by atoms with Crippen LogP contribution >= 0.6 is 0 Å². The maximum atomic E-state index is 12.7. The minimum absolute atomic E-state index is 0.0541. The first kappa shape index (κ1) is 17.5. The van der Waals surface area contributed by atoms with Gasteiger partial charge in [-0.1, -0.05) is 48.5 Å². The van der Waals surface area contributed by atoms with E-state index in [1.54, 1.807) is 12.5 Å². The highest BCUT2D eigenvalue weighted by molar-refractivity contribution is 5.93. The Bertz CT molecular complexity index is 865. The molecule has 4 rings (SSSR count). The molecule has 1 aromatic heterocycles. The van der Waals surface area contributed by atoms with Gasteiger partial charge >= 0.3 is 0 Å². The largest absolute Gasteiger partial charge is 0.350 e. The van der Waals surface area contributed by atoms with Crippen LogP contribution in [-0.4, -0.2) is 22.0 Å². The zero-order valence-corrected chi connectivity index (χ0v) is 15.4. The lowest BCUT2D eigenvalue weighted by Gasteiger charge is -2.29. The van der Waals surface area contributed by atoms with Gasteiger partial charge < -0.3 is 5.32 Å². The summed E-state index contributed by atoms with van der Waals surface area (Å²) in [6.45, 7) is 0.736. The van der Waals surface area contributed by atoms with Gasteiger partial charge in [0.2, 0.25) is 0 Å². The molecule has 1 fully saturated rings. The average Bonchev–Trinajstić information content (AvgIpc) is 3.24. The minimum atomic E-state index is -0.0541. The van der Waals surface area contributed by atoms with Crippen molar-refractivity contribution in [3.05, 3.63) is 84.4 Å². The van der Waals surface area contributed by atoms with Crippen LogP contribution in [0, 0.1) is 5.92 Å². The fraction of sp³-hybridized carbons (Fsp3) is 0.304. The summed E-state index contributed by atoms with van der Waals surface area (Å²) in [7, 11) is 0. The van der Waals surface area contributed by atoms with Crippen LogP contribution in [0.4, 0.5) is 0 Å². The monoisotopic (exact) mass is 359 g/mol. The third kappa shape index (κ3) is 4.11. The number of nitrogens with zero attached hydrogens (tertiary/aromatic N) is 2. The molecule has 0 radical (unpaired) electrons. The summed E-state index contributed by atoms with van der Waals surface area (Å²) >= 11 is 0. The van der Waals surface area contributed by atoms with E-state index in [2.05, 4.69) is 40.6 Å². The molecule has 0 atom stereocenters. The van der Waals surface area contributed by atoms with Gasteiger partial charge in [-0.15, -0.1) is 0 Å². The summed E-state index contributed by atoms with van der Waals surface area (Å²) in [6, 6.07) is 20.6. The Morgan fingerprint density at radius 3 is 2.33 bits per heavy atom. The number of carbonyl (C=O) groups is 1. The third-order valence-electron chi connectivity index (χ3n) is 5.57. The van der Waals surface area contributed by atoms with Crippen LogP contribution in [0.2, 0.25) is 0 Å². The van der Waals surface area contributed by atoms with Crippen molar-refractivity contribution in [1.29, 1.82) is 0 Å². The van der Waals surface area contributed by atoms with Gasteiger partial charge in [-0.05, 0) is 55.2 Å². The van der Waals surface area contributed by atoms with E-state index in [1.807, 2.05) is 34.9 Å². The molecule has 3 aromatic rings. The molecule has 0 bridgehead atoms. The van der Waals surface area contributed by atoms with Gasteiger partial charge in [-0.3, -0.25) is 9.36 Å². The predicted octanol–water partition coefficient (Wildman–Crippen LogP) is 4.58. The topological polar surface area (TPSA) is 46.9 Å². The van der Waals surface area contributed by atoms with Crippen LogP contribution in [0.5, 0.6) is 0 Å². The second-order valence-electron chi connectivity index (χ2n) is 7.32. The second kappa shape index (κ2) is 8.21. The number of para-hydroxylation sites is 1. The van der Waals surface area contributed by atoms with Crippen molar-refractivity contribution in [2.45, 2.75) is 31.6 Å². The molecule has 1 aliphatic carbocycles. The molecule has 1 amide bonds. The molecule has 0 saturated heterocycles. The molecule has 2 aromatic carbocycles. The summed E-state index contributed by atoms with van der Waals surface area (Å²) in [5, 5.41) is 3.12. The zero-order valence-electron chi connectivity index (χ0n) is 15.4. The number of hydrogen-bond donors (Lipinski definition) is 1. The summed E-state index contributed by atoms with van der Waals surface area (Å²) in [4.78, 5) is 16.8. The van der Waals surface area contributed by atoms with E-state index in [0.717, 1.165) is 25.1 Å². The maximum absolute atomic E-state index is 12.7. The fourth-order valence-electron chi connectivity index (χ4n) is 4.01. The molecule has 27 heavy (non-hydrogen) atoms. The smallest absolute Gasteiger partial charge is 0.269 e. The lowest BCUT2D eigenvalue weighted by Crippen LogP contribution is -2.32. The van der Waals surface area contributed by atoms with Crippen LogP contribution in [-0.2, 0) is 0 Å². The van der Waals surface area contributed by atoms with Crippen molar-refractivity contribution in [3.63, 3.8) is 0 Å². The van der Waals surface area contributed by atoms with Crippen molar-refractivity contribution >= 4 is 5.91 Å². The molecule has 1 saturated carbocycles. The van der Waals surface area contributed by atoms with Gasteiger partial charge in [0.05, 0.1) is 12.5 Å². The predicted molar refractivity (Wildman–Crippen MR) is 107 cm³/mol. The van der Waals surface area contributed by atoms with Gasteiger partial charge in [0.25, 0.3) is 5.91 Å². The number of imidazole rings is 1. The van der Waals surface area contributed by atoms with Crippen LogP contribution in [0.25, 0.3) is 5.69 Å². The number of carbonyl (C=O) groups excluding carboxylic acids is 1. The van der Waals surface area contributed by atoms with Crippen molar-refractivity contribution in [2.75, 3.05) is 6.54 Å². The molecule has 0 spiro atoms. The van der Waals surface area contributed by atoms with E-state index in [4.69, 9.17) is 0 Å². The standard InChI is InChI=1S/C23H25N3O/c27-23(22-16-24-17-26(22)21-9-5-2-6-10-21)25-15-18-11-13-20(14-12-18)19-7-3-1-4-8-19/h1-10,16-18,20H,11-15H2,(H,25,27). The maximum Gasteiger partial charge on any atom is 0.269 e. The number of nitrogens with one attached hydrogen (secondary N) is 1. The summed E-state index contributed by atoms with van der Waals surface area (Å²) < 4.78 is 1.83. The summed E-state index contributed by atoms with van der Waals surface area (Å²) in [5.74, 6) is 1.17. The molecular weight excluding hydrogens is 334 g/mol. The van der Waals surface area contributed by atoms with Crippen LogP contribution in [0.15, 0.2) is 73.2 Å². The van der Waals surface area contributed by atoms with E-state index < -0.39 is 0 Å². The Labute approximate surface area is 160 Å². The molecule has 138 valence electrons. The lowest BCUT2D eigenvalue weighted by atomic mass is 9.79. The van der Waals surface area contributed by atoms with Crippen molar-refractivity contribution in [3.8, 4) is 5.69 Å². The average molecular weight is 359 g/mol. The van der Waals surface area contributed by atoms with Crippen LogP contribution in [0.1, 0.15) is 47.7 Å².